The number of phenols is 1. The van der Waals surface area contributed by atoms with Crippen LogP contribution in [0.4, 0.5) is 5.69 Å². The molecule has 0 amide bonds. The van der Waals surface area contributed by atoms with E-state index in [1.807, 2.05) is 0 Å². The molecular weight excluding hydrogens is 182 g/mol. The average molecular weight is 188 g/mol. The number of phenolic OH excluding ortho intramolecular Hbond substituents is 1. The van der Waals surface area contributed by atoms with Gasteiger partial charge in [-0.25, -0.2) is 0 Å². The van der Waals surface area contributed by atoms with Crippen LogP contribution in [0.2, 0.25) is 5.02 Å². The first kappa shape index (κ1) is 8.80. The summed E-state index contributed by atoms with van der Waals surface area (Å²) in [6.45, 7) is 1.49. The summed E-state index contributed by atoms with van der Waals surface area (Å²) in [7, 11) is 0. The Morgan fingerprint density at radius 2 is 2.17 bits per heavy atom. The Morgan fingerprint density at radius 3 is 2.58 bits per heavy atom. The molecule has 1 rings (SSSR count). The Bertz CT molecular complexity index is 338. The van der Waals surface area contributed by atoms with Crippen LogP contribution in [0.5, 0.6) is 5.75 Å². The molecule has 12 heavy (non-hydrogen) atoms. The van der Waals surface area contributed by atoms with Gasteiger partial charge in [-0.2, -0.15) is 0 Å². The number of benzene rings is 1. The fourth-order valence-electron chi connectivity index (χ4n) is 0.892. The van der Waals surface area contributed by atoms with Crippen LogP contribution >= 0.6 is 11.6 Å². The number of nitro benzene ring substituents is 1. The molecule has 0 aromatic heterocycles. The zero-order valence-electron chi connectivity index (χ0n) is 6.24. The highest BCUT2D eigenvalue weighted by molar-refractivity contribution is 6.31. The van der Waals surface area contributed by atoms with Crippen LogP contribution in [0.25, 0.3) is 0 Å². The molecule has 0 aliphatic rings. The van der Waals surface area contributed by atoms with Crippen molar-refractivity contribution in [3.63, 3.8) is 0 Å². The summed E-state index contributed by atoms with van der Waals surface area (Å²) in [4.78, 5) is 9.73. The second kappa shape index (κ2) is 2.98. The van der Waals surface area contributed by atoms with Gasteiger partial charge in [0.1, 0.15) is 0 Å². The largest absolute Gasteiger partial charge is 0.502 e. The topological polar surface area (TPSA) is 63.4 Å². The highest BCUT2D eigenvalue weighted by atomic mass is 35.5. The molecule has 0 unspecified atom stereocenters. The van der Waals surface area contributed by atoms with Crippen LogP contribution in [-0.2, 0) is 0 Å². The summed E-state index contributed by atoms with van der Waals surface area (Å²) < 4.78 is 0. The summed E-state index contributed by atoms with van der Waals surface area (Å²) in [6.07, 6.45) is 0. The van der Waals surface area contributed by atoms with Crippen LogP contribution in [0.1, 0.15) is 5.56 Å². The predicted octanol–water partition coefficient (Wildman–Crippen LogP) is 2.26. The number of hydrogen-bond acceptors (Lipinski definition) is 3. The Morgan fingerprint density at radius 1 is 1.58 bits per heavy atom. The van der Waals surface area contributed by atoms with E-state index in [9.17, 15) is 10.1 Å². The molecule has 0 radical (unpaired) electrons. The number of halogens is 1. The lowest BCUT2D eigenvalue weighted by atomic mass is 10.2. The fraction of sp³-hybridized carbons (Fsp3) is 0.143. The van der Waals surface area contributed by atoms with E-state index in [1.54, 1.807) is 0 Å². The van der Waals surface area contributed by atoms with Gasteiger partial charge in [-0.05, 0) is 19.1 Å². The zero-order valence-corrected chi connectivity index (χ0v) is 7.00. The van der Waals surface area contributed by atoms with Crippen molar-refractivity contribution >= 4 is 17.3 Å². The summed E-state index contributed by atoms with van der Waals surface area (Å²) in [5, 5.41) is 19.7. The molecule has 1 N–H and O–H groups in total. The molecule has 0 saturated heterocycles. The van der Waals surface area contributed by atoms with Crippen LogP contribution in [0.15, 0.2) is 12.1 Å². The van der Waals surface area contributed by atoms with E-state index < -0.39 is 4.92 Å². The fourth-order valence-corrected chi connectivity index (χ4v) is 1.04. The molecule has 4 nitrogen and oxygen atoms in total. The molecule has 0 aliphatic carbocycles. The molecule has 0 atom stereocenters. The van der Waals surface area contributed by atoms with Crippen LogP contribution in [0.3, 0.4) is 0 Å². The third-order valence-electron chi connectivity index (χ3n) is 1.53. The summed E-state index contributed by atoms with van der Waals surface area (Å²) in [5.74, 6) is -0.359. The molecule has 64 valence electrons. The maximum absolute atomic E-state index is 10.4. The first-order chi connectivity index (χ1) is 5.54. The lowest BCUT2D eigenvalue weighted by Crippen LogP contribution is -1.92. The number of nitro groups is 1. The average Bonchev–Trinajstić information content (AvgIpc) is 1.97. The summed E-state index contributed by atoms with van der Waals surface area (Å²) in [6, 6.07) is 2.62. The molecule has 0 heterocycles. The van der Waals surface area contributed by atoms with E-state index in [1.165, 1.54) is 19.1 Å². The monoisotopic (exact) mass is 187 g/mol. The minimum Gasteiger partial charge on any atom is -0.502 e. The van der Waals surface area contributed by atoms with Gasteiger partial charge < -0.3 is 5.11 Å². The highest BCUT2D eigenvalue weighted by Gasteiger charge is 2.18. The van der Waals surface area contributed by atoms with Crippen LogP contribution < -0.4 is 0 Å². The van der Waals surface area contributed by atoms with Gasteiger partial charge in [0.25, 0.3) is 0 Å². The van der Waals surface area contributed by atoms with Crippen molar-refractivity contribution in [1.29, 1.82) is 0 Å². The van der Waals surface area contributed by atoms with Gasteiger partial charge in [-0.1, -0.05) is 11.6 Å². The van der Waals surface area contributed by atoms with E-state index in [4.69, 9.17) is 16.7 Å². The van der Waals surface area contributed by atoms with Gasteiger partial charge in [-0.15, -0.1) is 0 Å². The van der Waals surface area contributed by atoms with E-state index in [2.05, 4.69) is 0 Å². The SMILES string of the molecule is Cc1c(Cl)ccc(O)c1[N+](=O)[O-]. The molecule has 0 fully saturated rings. The highest BCUT2D eigenvalue weighted by Crippen LogP contribution is 2.33. The second-order valence-corrected chi connectivity index (χ2v) is 2.70. The Labute approximate surface area is 73.5 Å². The van der Waals surface area contributed by atoms with E-state index >= 15 is 0 Å². The smallest absolute Gasteiger partial charge is 0.315 e. The predicted molar refractivity (Wildman–Crippen MR) is 44.5 cm³/mol. The van der Waals surface area contributed by atoms with Crippen LogP contribution in [-0.4, -0.2) is 10.0 Å². The lowest BCUT2D eigenvalue weighted by molar-refractivity contribution is -0.386. The van der Waals surface area contributed by atoms with Crippen molar-refractivity contribution in [1.82, 2.24) is 0 Å². The van der Waals surface area contributed by atoms with Crippen molar-refractivity contribution in [2.45, 2.75) is 6.92 Å². The zero-order chi connectivity index (χ0) is 9.30. The number of aromatic hydroxyl groups is 1. The third-order valence-corrected chi connectivity index (χ3v) is 1.94. The van der Waals surface area contributed by atoms with Crippen molar-refractivity contribution in [2.24, 2.45) is 0 Å². The van der Waals surface area contributed by atoms with Gasteiger partial charge in [-0.3, -0.25) is 10.1 Å². The first-order valence-corrected chi connectivity index (χ1v) is 3.54. The van der Waals surface area contributed by atoms with Gasteiger partial charge in [0, 0.05) is 5.56 Å². The first-order valence-electron chi connectivity index (χ1n) is 3.16. The Hall–Kier alpha value is -1.29. The van der Waals surface area contributed by atoms with E-state index in [0.29, 0.717) is 0 Å². The quantitative estimate of drug-likeness (QED) is 0.542. The van der Waals surface area contributed by atoms with Gasteiger partial charge >= 0.3 is 5.69 Å². The van der Waals surface area contributed by atoms with Gasteiger partial charge in [0.15, 0.2) is 5.75 Å². The molecule has 1 aromatic carbocycles. The van der Waals surface area contributed by atoms with Crippen molar-refractivity contribution in [2.75, 3.05) is 0 Å². The van der Waals surface area contributed by atoms with Crippen LogP contribution in [0, 0.1) is 17.0 Å². The van der Waals surface area contributed by atoms with Gasteiger partial charge in [0.05, 0.1) is 9.95 Å². The standard InChI is InChI=1S/C7H6ClNO3/c1-4-5(8)2-3-6(10)7(4)9(11)12/h2-3,10H,1H3. The summed E-state index contributed by atoms with van der Waals surface area (Å²) >= 11 is 5.61. The molecule has 1 aromatic rings. The second-order valence-electron chi connectivity index (χ2n) is 2.30. The molecule has 0 bridgehead atoms. The maximum atomic E-state index is 10.4. The van der Waals surface area contributed by atoms with Crippen molar-refractivity contribution in [3.05, 3.63) is 32.8 Å². The molecule has 5 heteroatoms. The lowest BCUT2D eigenvalue weighted by Gasteiger charge is -2.00. The maximum Gasteiger partial charge on any atom is 0.315 e. The van der Waals surface area contributed by atoms with E-state index in [0.717, 1.165) is 0 Å². The van der Waals surface area contributed by atoms with E-state index in [-0.39, 0.29) is 22.0 Å². The van der Waals surface area contributed by atoms with Crippen molar-refractivity contribution < 1.29 is 10.0 Å². The Kier molecular flexibility index (Phi) is 2.19. The minimum atomic E-state index is -0.656. The minimum absolute atomic E-state index is 0.277. The number of hydrogen-bond donors (Lipinski definition) is 1. The normalized spacial score (nSPS) is 9.83. The van der Waals surface area contributed by atoms with Crippen molar-refractivity contribution in [3.8, 4) is 5.75 Å². The molecular formula is C7H6ClNO3. The number of nitrogens with zero attached hydrogens (tertiary/aromatic N) is 1. The number of rotatable bonds is 1. The molecule has 0 saturated carbocycles. The summed E-state index contributed by atoms with van der Waals surface area (Å²) in [5.41, 5.74) is -0.0517. The molecule has 0 aliphatic heterocycles. The third kappa shape index (κ3) is 1.33. The van der Waals surface area contributed by atoms with Gasteiger partial charge in [0.2, 0.25) is 0 Å². The Balaban J connectivity index is 3.43. The molecule has 0 spiro atoms.